The Kier molecular flexibility index (Phi) is 6.44. The fourth-order valence-electron chi connectivity index (χ4n) is 0.711. The van der Waals surface area contributed by atoms with Crippen molar-refractivity contribution in [2.45, 2.75) is 30.1 Å². The molecule has 0 unspecified atom stereocenters. The minimum atomic E-state index is -4.71. The monoisotopic (exact) mass is 276 g/mol. The fraction of sp³-hybridized carbons (Fsp3) is 0.400. The average Bonchev–Trinajstić information content (AvgIpc) is 2.15. The SMILES string of the molecule is FC(F)(F)CCC(F)(F)F.Sc1ccccc1. The van der Waals surface area contributed by atoms with Crippen molar-refractivity contribution < 1.29 is 26.3 Å². The smallest absolute Gasteiger partial charge is 0.171 e. The van der Waals surface area contributed by atoms with Crippen molar-refractivity contribution in [3.63, 3.8) is 0 Å². The van der Waals surface area contributed by atoms with E-state index in [0.29, 0.717) is 0 Å². The average molecular weight is 276 g/mol. The quantitative estimate of drug-likeness (QED) is 0.549. The van der Waals surface area contributed by atoms with Crippen LogP contribution in [0.2, 0.25) is 0 Å². The molecular weight excluding hydrogens is 266 g/mol. The van der Waals surface area contributed by atoms with Gasteiger partial charge in [0.1, 0.15) is 0 Å². The highest BCUT2D eigenvalue weighted by Crippen LogP contribution is 2.29. The van der Waals surface area contributed by atoms with Crippen molar-refractivity contribution in [3.05, 3.63) is 30.3 Å². The van der Waals surface area contributed by atoms with Gasteiger partial charge >= 0.3 is 12.4 Å². The molecule has 0 aliphatic heterocycles. The second kappa shape index (κ2) is 6.78. The minimum absolute atomic E-state index is 1.02. The maximum absolute atomic E-state index is 11.1. The molecule has 0 N–H and O–H groups in total. The van der Waals surface area contributed by atoms with Gasteiger partial charge in [-0.15, -0.1) is 12.6 Å². The lowest BCUT2D eigenvalue weighted by Crippen LogP contribution is -2.15. The third-order valence-electron chi connectivity index (χ3n) is 1.45. The van der Waals surface area contributed by atoms with Gasteiger partial charge in [0, 0.05) is 4.90 Å². The molecular formula is C10H10F6S. The summed E-state index contributed by atoms with van der Waals surface area (Å²) in [7, 11) is 0. The van der Waals surface area contributed by atoms with Crippen LogP contribution in [0.5, 0.6) is 0 Å². The Morgan fingerprint density at radius 3 is 1.29 bits per heavy atom. The molecule has 0 fully saturated rings. The summed E-state index contributed by atoms with van der Waals surface area (Å²) in [5.74, 6) is 0. The fourth-order valence-corrected chi connectivity index (χ4v) is 0.884. The van der Waals surface area contributed by atoms with Crippen LogP contribution in [0.15, 0.2) is 35.2 Å². The van der Waals surface area contributed by atoms with E-state index in [2.05, 4.69) is 12.6 Å². The number of hydrogen-bond donors (Lipinski definition) is 1. The van der Waals surface area contributed by atoms with E-state index >= 15 is 0 Å². The Balaban J connectivity index is 0.000000318. The second-order valence-electron chi connectivity index (χ2n) is 3.07. The molecule has 1 aromatic rings. The lowest BCUT2D eigenvalue weighted by Gasteiger charge is -2.07. The van der Waals surface area contributed by atoms with Gasteiger partial charge in [0.15, 0.2) is 0 Å². The first kappa shape index (κ1) is 16.1. The van der Waals surface area contributed by atoms with E-state index in [1.165, 1.54) is 0 Å². The third kappa shape index (κ3) is 13.1. The van der Waals surface area contributed by atoms with Crippen molar-refractivity contribution in [2.24, 2.45) is 0 Å². The molecule has 0 saturated heterocycles. The van der Waals surface area contributed by atoms with Crippen LogP contribution < -0.4 is 0 Å². The maximum Gasteiger partial charge on any atom is 0.389 e. The molecule has 0 amide bonds. The summed E-state index contributed by atoms with van der Waals surface area (Å²) in [5, 5.41) is 0. The molecule has 17 heavy (non-hydrogen) atoms. The highest BCUT2D eigenvalue weighted by atomic mass is 32.1. The number of hydrogen-bond acceptors (Lipinski definition) is 1. The van der Waals surface area contributed by atoms with Crippen molar-refractivity contribution in [1.82, 2.24) is 0 Å². The predicted molar refractivity (Wildman–Crippen MR) is 55.0 cm³/mol. The number of rotatable bonds is 1. The zero-order valence-corrected chi connectivity index (χ0v) is 9.41. The zero-order valence-electron chi connectivity index (χ0n) is 8.52. The van der Waals surface area contributed by atoms with Gasteiger partial charge in [-0.1, -0.05) is 18.2 Å². The van der Waals surface area contributed by atoms with Gasteiger partial charge in [0.2, 0.25) is 0 Å². The lowest BCUT2D eigenvalue weighted by molar-refractivity contribution is -0.183. The predicted octanol–water partition coefficient (Wildman–Crippen LogP) is 4.87. The van der Waals surface area contributed by atoms with Crippen molar-refractivity contribution in [1.29, 1.82) is 0 Å². The lowest BCUT2D eigenvalue weighted by atomic mass is 10.3. The number of benzene rings is 1. The van der Waals surface area contributed by atoms with Gasteiger partial charge in [0.05, 0.1) is 12.8 Å². The van der Waals surface area contributed by atoms with Crippen molar-refractivity contribution >= 4 is 12.6 Å². The van der Waals surface area contributed by atoms with E-state index in [4.69, 9.17) is 0 Å². The molecule has 0 atom stereocenters. The number of alkyl halides is 6. The molecule has 0 aliphatic carbocycles. The summed E-state index contributed by atoms with van der Waals surface area (Å²) < 4.78 is 66.5. The largest absolute Gasteiger partial charge is 0.389 e. The highest BCUT2D eigenvalue weighted by molar-refractivity contribution is 7.80. The molecule has 0 aromatic heterocycles. The van der Waals surface area contributed by atoms with Gasteiger partial charge in [-0.05, 0) is 12.1 Å². The van der Waals surface area contributed by atoms with Gasteiger partial charge in [-0.3, -0.25) is 0 Å². The van der Waals surface area contributed by atoms with Gasteiger partial charge < -0.3 is 0 Å². The Hall–Kier alpha value is -0.850. The van der Waals surface area contributed by atoms with Crippen LogP contribution in [0.25, 0.3) is 0 Å². The van der Waals surface area contributed by atoms with Crippen LogP contribution in [0.3, 0.4) is 0 Å². The second-order valence-corrected chi connectivity index (χ2v) is 3.58. The summed E-state index contributed by atoms with van der Waals surface area (Å²) in [6.07, 6.45) is -13.0. The Labute approximate surface area is 100 Å². The normalized spacial score (nSPS) is 11.7. The topological polar surface area (TPSA) is 0 Å². The molecule has 0 bridgehead atoms. The first-order valence-corrected chi connectivity index (χ1v) is 4.92. The molecule has 0 spiro atoms. The molecule has 0 radical (unpaired) electrons. The summed E-state index contributed by atoms with van der Waals surface area (Å²) >= 11 is 4.08. The summed E-state index contributed by atoms with van der Waals surface area (Å²) in [6.45, 7) is 0. The summed E-state index contributed by atoms with van der Waals surface area (Å²) in [4.78, 5) is 1.02. The first-order chi connectivity index (χ1) is 7.60. The van der Waals surface area contributed by atoms with Crippen LogP contribution in [0.1, 0.15) is 12.8 Å². The van der Waals surface area contributed by atoms with Gasteiger partial charge in [-0.2, -0.15) is 26.3 Å². The van der Waals surface area contributed by atoms with Crippen LogP contribution in [-0.4, -0.2) is 12.4 Å². The van der Waals surface area contributed by atoms with Gasteiger partial charge in [-0.25, -0.2) is 0 Å². The summed E-state index contributed by atoms with van der Waals surface area (Å²) in [5.41, 5.74) is 0. The van der Waals surface area contributed by atoms with Crippen LogP contribution in [-0.2, 0) is 0 Å². The molecule has 0 nitrogen and oxygen atoms in total. The molecule has 0 aliphatic rings. The molecule has 7 heteroatoms. The minimum Gasteiger partial charge on any atom is -0.171 e. The van der Waals surface area contributed by atoms with Crippen LogP contribution in [0, 0.1) is 0 Å². The highest BCUT2D eigenvalue weighted by Gasteiger charge is 2.36. The van der Waals surface area contributed by atoms with Crippen molar-refractivity contribution in [2.75, 3.05) is 0 Å². The molecule has 98 valence electrons. The van der Waals surface area contributed by atoms with E-state index in [-0.39, 0.29) is 0 Å². The van der Waals surface area contributed by atoms with E-state index in [1.54, 1.807) is 0 Å². The Bertz CT molecular complexity index is 289. The molecule has 0 heterocycles. The van der Waals surface area contributed by atoms with Crippen LogP contribution >= 0.6 is 12.6 Å². The van der Waals surface area contributed by atoms with Gasteiger partial charge in [0.25, 0.3) is 0 Å². The standard InChI is InChI=1S/C6H6S.C4H4F6/c7-6-4-2-1-3-5-6;5-3(6,7)1-2-4(8,9)10/h1-5,7H;1-2H2. The Morgan fingerprint density at radius 1 is 0.765 bits per heavy atom. The molecule has 1 rings (SSSR count). The van der Waals surface area contributed by atoms with Crippen LogP contribution in [0.4, 0.5) is 26.3 Å². The van der Waals surface area contributed by atoms with E-state index < -0.39 is 25.2 Å². The van der Waals surface area contributed by atoms with E-state index in [9.17, 15) is 26.3 Å². The zero-order chi connectivity index (χ0) is 13.5. The molecule has 0 saturated carbocycles. The Morgan fingerprint density at radius 2 is 1.12 bits per heavy atom. The maximum atomic E-state index is 11.1. The molecule has 1 aromatic carbocycles. The number of thiol groups is 1. The van der Waals surface area contributed by atoms with E-state index in [1.807, 2.05) is 30.3 Å². The van der Waals surface area contributed by atoms with Crippen molar-refractivity contribution in [3.8, 4) is 0 Å². The third-order valence-corrected chi connectivity index (χ3v) is 1.75. The first-order valence-electron chi connectivity index (χ1n) is 4.48. The number of halogens is 6. The summed E-state index contributed by atoms with van der Waals surface area (Å²) in [6, 6.07) is 9.79. The van der Waals surface area contributed by atoms with E-state index in [0.717, 1.165) is 4.90 Å².